The summed E-state index contributed by atoms with van der Waals surface area (Å²) in [5.41, 5.74) is 5.68. The fraction of sp³-hybridized carbons (Fsp3) is 0.583. The van der Waals surface area contributed by atoms with Crippen LogP contribution in [0.1, 0.15) is 32.5 Å². The Labute approximate surface area is 107 Å². The molecule has 0 fully saturated rings. The molecule has 1 aromatic heterocycles. The zero-order valence-electron chi connectivity index (χ0n) is 11.0. The fourth-order valence-electron chi connectivity index (χ4n) is 1.44. The van der Waals surface area contributed by atoms with E-state index in [1.807, 2.05) is 6.92 Å². The van der Waals surface area contributed by atoms with E-state index in [4.69, 9.17) is 5.73 Å². The van der Waals surface area contributed by atoms with Crippen molar-refractivity contribution < 1.29 is 4.79 Å². The molecular formula is C12H21N5O. The third kappa shape index (κ3) is 4.99. The number of nitrogens with two attached hydrogens (primary N) is 1. The van der Waals surface area contributed by atoms with Crippen LogP contribution in [-0.2, 0) is 11.2 Å². The molecule has 0 aliphatic rings. The summed E-state index contributed by atoms with van der Waals surface area (Å²) in [6.07, 6.45) is 2.66. The van der Waals surface area contributed by atoms with Crippen LogP contribution in [0.3, 0.4) is 0 Å². The van der Waals surface area contributed by atoms with E-state index in [9.17, 15) is 4.79 Å². The van der Waals surface area contributed by atoms with E-state index >= 15 is 0 Å². The van der Waals surface area contributed by atoms with Gasteiger partial charge in [-0.2, -0.15) is 0 Å². The van der Waals surface area contributed by atoms with E-state index in [0.717, 1.165) is 19.3 Å². The van der Waals surface area contributed by atoms with E-state index in [2.05, 4.69) is 27.5 Å². The van der Waals surface area contributed by atoms with Crippen molar-refractivity contribution in [3.63, 3.8) is 0 Å². The summed E-state index contributed by atoms with van der Waals surface area (Å²) >= 11 is 0. The Kier molecular flexibility index (Phi) is 5.90. The van der Waals surface area contributed by atoms with Gasteiger partial charge in [-0.05, 0) is 12.8 Å². The summed E-state index contributed by atoms with van der Waals surface area (Å²) in [5.74, 6) is 1.67. The van der Waals surface area contributed by atoms with E-state index in [1.54, 1.807) is 6.07 Å². The SMILES string of the molecule is CCCNC(=O)CNc1cc(N)nc(CCC)n1. The third-order valence-corrected chi connectivity index (χ3v) is 2.27. The van der Waals surface area contributed by atoms with Crippen LogP contribution in [0.25, 0.3) is 0 Å². The van der Waals surface area contributed by atoms with E-state index < -0.39 is 0 Å². The van der Waals surface area contributed by atoms with Crippen LogP contribution in [0.5, 0.6) is 0 Å². The van der Waals surface area contributed by atoms with E-state index in [1.165, 1.54) is 0 Å². The molecule has 0 aliphatic carbocycles. The molecular weight excluding hydrogens is 230 g/mol. The molecule has 1 amide bonds. The number of anilines is 2. The average Bonchev–Trinajstić information content (AvgIpc) is 2.33. The topological polar surface area (TPSA) is 92.9 Å². The second-order valence-corrected chi connectivity index (χ2v) is 4.05. The lowest BCUT2D eigenvalue weighted by Gasteiger charge is -2.08. The number of aromatic nitrogens is 2. The van der Waals surface area contributed by atoms with Crippen molar-refractivity contribution >= 4 is 17.5 Å². The van der Waals surface area contributed by atoms with Crippen LogP contribution in [0.15, 0.2) is 6.07 Å². The molecule has 0 unspecified atom stereocenters. The molecule has 0 saturated carbocycles. The lowest BCUT2D eigenvalue weighted by Crippen LogP contribution is -2.30. The number of aryl methyl sites for hydroxylation is 1. The molecule has 0 aromatic carbocycles. The molecule has 0 saturated heterocycles. The van der Waals surface area contributed by atoms with Gasteiger partial charge in [0, 0.05) is 19.0 Å². The number of hydrogen-bond acceptors (Lipinski definition) is 5. The number of rotatable bonds is 7. The van der Waals surface area contributed by atoms with Gasteiger partial charge in [0.25, 0.3) is 0 Å². The molecule has 0 aliphatic heterocycles. The maximum Gasteiger partial charge on any atom is 0.239 e. The highest BCUT2D eigenvalue weighted by molar-refractivity contribution is 5.80. The molecule has 0 atom stereocenters. The molecule has 1 rings (SSSR count). The minimum Gasteiger partial charge on any atom is -0.384 e. The maximum atomic E-state index is 11.4. The first kappa shape index (κ1) is 14.2. The summed E-state index contributed by atoms with van der Waals surface area (Å²) in [5, 5.41) is 5.73. The monoisotopic (exact) mass is 251 g/mol. The Morgan fingerprint density at radius 1 is 1.33 bits per heavy atom. The first-order valence-corrected chi connectivity index (χ1v) is 6.29. The quantitative estimate of drug-likeness (QED) is 0.671. The predicted molar refractivity (Wildman–Crippen MR) is 72.2 cm³/mol. The van der Waals surface area contributed by atoms with E-state index in [-0.39, 0.29) is 12.5 Å². The van der Waals surface area contributed by atoms with Crippen LogP contribution in [0, 0.1) is 0 Å². The van der Waals surface area contributed by atoms with Gasteiger partial charge in [0.1, 0.15) is 17.5 Å². The summed E-state index contributed by atoms with van der Waals surface area (Å²) in [6, 6.07) is 1.63. The molecule has 6 nitrogen and oxygen atoms in total. The summed E-state index contributed by atoms with van der Waals surface area (Å²) in [6.45, 7) is 4.95. The van der Waals surface area contributed by atoms with Gasteiger partial charge in [0.2, 0.25) is 5.91 Å². The average molecular weight is 251 g/mol. The standard InChI is InChI=1S/C12H21N5O/c1-3-5-10-16-9(13)7-11(17-10)15-8-12(18)14-6-4-2/h7H,3-6,8H2,1-2H3,(H,14,18)(H3,13,15,16,17). The van der Waals surface area contributed by atoms with Crippen molar-refractivity contribution in [2.45, 2.75) is 33.1 Å². The number of amides is 1. The zero-order valence-corrected chi connectivity index (χ0v) is 11.0. The Morgan fingerprint density at radius 3 is 2.78 bits per heavy atom. The molecule has 100 valence electrons. The zero-order chi connectivity index (χ0) is 13.4. The second kappa shape index (κ2) is 7.47. The highest BCUT2D eigenvalue weighted by Crippen LogP contribution is 2.09. The van der Waals surface area contributed by atoms with Gasteiger partial charge >= 0.3 is 0 Å². The minimum absolute atomic E-state index is 0.0499. The Bertz CT molecular complexity index is 394. The smallest absolute Gasteiger partial charge is 0.239 e. The van der Waals surface area contributed by atoms with Crippen molar-refractivity contribution in [1.82, 2.24) is 15.3 Å². The van der Waals surface area contributed by atoms with Gasteiger partial charge in [-0.15, -0.1) is 0 Å². The first-order valence-electron chi connectivity index (χ1n) is 6.29. The molecule has 0 radical (unpaired) electrons. The van der Waals surface area contributed by atoms with Crippen molar-refractivity contribution in [1.29, 1.82) is 0 Å². The largest absolute Gasteiger partial charge is 0.384 e. The third-order valence-electron chi connectivity index (χ3n) is 2.27. The van der Waals surface area contributed by atoms with Gasteiger partial charge in [0.05, 0.1) is 6.54 Å². The minimum atomic E-state index is -0.0499. The van der Waals surface area contributed by atoms with Gasteiger partial charge in [-0.1, -0.05) is 13.8 Å². The van der Waals surface area contributed by atoms with Crippen LogP contribution in [-0.4, -0.2) is 29.0 Å². The van der Waals surface area contributed by atoms with Crippen LogP contribution in [0.2, 0.25) is 0 Å². The first-order chi connectivity index (χ1) is 8.65. The van der Waals surface area contributed by atoms with Gasteiger partial charge in [-0.25, -0.2) is 9.97 Å². The number of carbonyl (C=O) groups is 1. The summed E-state index contributed by atoms with van der Waals surface area (Å²) in [7, 11) is 0. The van der Waals surface area contributed by atoms with Crippen LogP contribution in [0.4, 0.5) is 11.6 Å². The molecule has 0 spiro atoms. The predicted octanol–water partition coefficient (Wildman–Crippen LogP) is 0.949. The summed E-state index contributed by atoms with van der Waals surface area (Å²) in [4.78, 5) is 19.8. The second-order valence-electron chi connectivity index (χ2n) is 4.05. The van der Waals surface area contributed by atoms with Crippen molar-refractivity contribution in [2.24, 2.45) is 0 Å². The lowest BCUT2D eigenvalue weighted by atomic mass is 10.3. The highest BCUT2D eigenvalue weighted by atomic mass is 16.1. The van der Waals surface area contributed by atoms with Crippen molar-refractivity contribution in [3.8, 4) is 0 Å². The number of nitrogens with zero attached hydrogens (tertiary/aromatic N) is 2. The molecule has 6 heteroatoms. The van der Waals surface area contributed by atoms with Gasteiger partial charge in [-0.3, -0.25) is 4.79 Å². The number of hydrogen-bond donors (Lipinski definition) is 3. The number of nitrogen functional groups attached to an aromatic ring is 1. The Morgan fingerprint density at radius 2 is 2.11 bits per heavy atom. The fourth-order valence-corrected chi connectivity index (χ4v) is 1.44. The Balaban J connectivity index is 2.53. The number of nitrogens with one attached hydrogen (secondary N) is 2. The van der Waals surface area contributed by atoms with E-state index in [0.29, 0.717) is 24.0 Å². The molecule has 1 heterocycles. The number of carbonyl (C=O) groups excluding carboxylic acids is 1. The van der Waals surface area contributed by atoms with Gasteiger partial charge in [0.15, 0.2) is 0 Å². The molecule has 18 heavy (non-hydrogen) atoms. The van der Waals surface area contributed by atoms with Crippen LogP contribution >= 0.6 is 0 Å². The van der Waals surface area contributed by atoms with Gasteiger partial charge < -0.3 is 16.4 Å². The normalized spacial score (nSPS) is 10.1. The Hall–Kier alpha value is -1.85. The lowest BCUT2D eigenvalue weighted by molar-refractivity contribution is -0.119. The molecule has 1 aromatic rings. The molecule has 0 bridgehead atoms. The highest BCUT2D eigenvalue weighted by Gasteiger charge is 2.04. The van der Waals surface area contributed by atoms with Crippen LogP contribution < -0.4 is 16.4 Å². The molecule has 4 N–H and O–H groups in total. The van der Waals surface area contributed by atoms with Crippen molar-refractivity contribution in [2.75, 3.05) is 24.1 Å². The van der Waals surface area contributed by atoms with Crippen molar-refractivity contribution in [3.05, 3.63) is 11.9 Å². The summed E-state index contributed by atoms with van der Waals surface area (Å²) < 4.78 is 0. The maximum absolute atomic E-state index is 11.4.